The molecule has 1 aliphatic rings. The average Bonchev–Trinajstić information content (AvgIpc) is 2.25. The number of rotatable bonds is 3. The zero-order valence-electron chi connectivity index (χ0n) is 8.13. The van der Waals surface area contributed by atoms with Gasteiger partial charge >= 0.3 is 0 Å². The minimum absolute atomic E-state index is 0.0516. The lowest BCUT2D eigenvalue weighted by molar-refractivity contribution is -0.127. The number of carbonyl (C=O) groups is 1. The Morgan fingerprint density at radius 2 is 2.21 bits per heavy atom. The van der Waals surface area contributed by atoms with Gasteiger partial charge in [-0.2, -0.15) is 5.26 Å². The molecule has 0 aromatic heterocycles. The molecule has 0 saturated heterocycles. The van der Waals surface area contributed by atoms with Crippen molar-refractivity contribution in [3.63, 3.8) is 0 Å². The van der Waals surface area contributed by atoms with Crippen LogP contribution in [0.3, 0.4) is 0 Å². The zero-order valence-corrected chi connectivity index (χ0v) is 9.72. The van der Waals surface area contributed by atoms with Gasteiger partial charge in [-0.25, -0.2) is 0 Å². The highest BCUT2D eigenvalue weighted by atomic mass is 79.9. The van der Waals surface area contributed by atoms with Crippen LogP contribution in [0.1, 0.15) is 25.7 Å². The maximum absolute atomic E-state index is 11.6. The molecule has 0 spiro atoms. The second kappa shape index (κ2) is 6.02. The van der Waals surface area contributed by atoms with E-state index in [0.29, 0.717) is 5.92 Å². The molecule has 0 bridgehead atoms. The van der Waals surface area contributed by atoms with E-state index in [2.05, 4.69) is 21.2 Å². The molecule has 3 nitrogen and oxygen atoms in total. The second-order valence-electron chi connectivity index (χ2n) is 3.68. The van der Waals surface area contributed by atoms with Crippen LogP contribution >= 0.6 is 15.9 Å². The molecule has 4 heteroatoms. The molecule has 1 amide bonds. The Balaban J connectivity index is 2.46. The lowest BCUT2D eigenvalue weighted by Gasteiger charge is -2.28. The highest BCUT2D eigenvalue weighted by Gasteiger charge is 2.29. The van der Waals surface area contributed by atoms with Gasteiger partial charge in [0.25, 0.3) is 0 Å². The van der Waals surface area contributed by atoms with Crippen LogP contribution in [0.4, 0.5) is 0 Å². The van der Waals surface area contributed by atoms with E-state index in [9.17, 15) is 4.79 Å². The van der Waals surface area contributed by atoms with Gasteiger partial charge in [-0.3, -0.25) is 4.79 Å². The Hall–Kier alpha value is -0.560. The number of hydrogen-bond donors (Lipinski definition) is 1. The van der Waals surface area contributed by atoms with E-state index in [1.807, 2.05) is 6.07 Å². The first-order valence-corrected chi connectivity index (χ1v) is 6.12. The summed E-state index contributed by atoms with van der Waals surface area (Å²) in [7, 11) is 0. The molecule has 14 heavy (non-hydrogen) atoms. The quantitative estimate of drug-likeness (QED) is 0.621. The third-order valence-corrected chi connectivity index (χ3v) is 3.62. The molecule has 0 aromatic rings. The molecule has 78 valence electrons. The van der Waals surface area contributed by atoms with Crippen LogP contribution in [-0.4, -0.2) is 17.8 Å². The highest BCUT2D eigenvalue weighted by molar-refractivity contribution is 9.09. The van der Waals surface area contributed by atoms with Crippen LogP contribution in [0.5, 0.6) is 0 Å². The minimum atomic E-state index is 0.0516. The predicted molar refractivity (Wildman–Crippen MR) is 57.9 cm³/mol. The fourth-order valence-electron chi connectivity index (χ4n) is 2.00. The van der Waals surface area contributed by atoms with Gasteiger partial charge in [0.2, 0.25) is 5.91 Å². The molecule has 0 aromatic carbocycles. The number of nitrogens with one attached hydrogen (secondary N) is 1. The Kier molecular flexibility index (Phi) is 4.95. The molecule has 0 heterocycles. The van der Waals surface area contributed by atoms with Crippen molar-refractivity contribution in [2.75, 3.05) is 11.9 Å². The van der Waals surface area contributed by atoms with E-state index in [1.54, 1.807) is 0 Å². The first kappa shape index (κ1) is 11.5. The van der Waals surface area contributed by atoms with E-state index < -0.39 is 0 Å². The van der Waals surface area contributed by atoms with Crippen LogP contribution in [0, 0.1) is 23.2 Å². The van der Waals surface area contributed by atoms with Gasteiger partial charge in [-0.15, -0.1) is 0 Å². The summed E-state index contributed by atoms with van der Waals surface area (Å²) in [5.41, 5.74) is 0. The Morgan fingerprint density at radius 1 is 1.50 bits per heavy atom. The van der Waals surface area contributed by atoms with Crippen molar-refractivity contribution in [3.05, 3.63) is 0 Å². The normalized spacial score (nSPS) is 26.6. The first-order chi connectivity index (χ1) is 6.79. The van der Waals surface area contributed by atoms with Crippen molar-refractivity contribution in [2.45, 2.75) is 25.7 Å². The highest BCUT2D eigenvalue weighted by Crippen LogP contribution is 2.31. The largest absolute Gasteiger partial charge is 0.343 e. The summed E-state index contributed by atoms with van der Waals surface area (Å²) in [5.74, 6) is 0.606. The van der Waals surface area contributed by atoms with Gasteiger partial charge in [-0.05, 0) is 18.8 Å². The first-order valence-electron chi connectivity index (χ1n) is 5.00. The van der Waals surface area contributed by atoms with E-state index in [4.69, 9.17) is 5.26 Å². The Bertz CT molecular complexity index is 237. The summed E-state index contributed by atoms with van der Waals surface area (Å²) >= 11 is 3.44. The monoisotopic (exact) mass is 258 g/mol. The van der Waals surface area contributed by atoms with Crippen molar-refractivity contribution >= 4 is 21.8 Å². The molecule has 1 unspecified atom stereocenters. The smallest absolute Gasteiger partial charge is 0.224 e. The minimum Gasteiger partial charge on any atom is -0.343 e. The molecule has 0 radical (unpaired) electrons. The molecule has 2 atom stereocenters. The molecule has 1 aliphatic carbocycles. The fourth-order valence-corrected chi connectivity index (χ4v) is 2.77. The van der Waals surface area contributed by atoms with Crippen LogP contribution in [-0.2, 0) is 4.79 Å². The van der Waals surface area contributed by atoms with Crippen molar-refractivity contribution in [2.24, 2.45) is 11.8 Å². The Labute approximate surface area is 93.0 Å². The van der Waals surface area contributed by atoms with E-state index in [-0.39, 0.29) is 18.4 Å². The van der Waals surface area contributed by atoms with E-state index in [0.717, 1.165) is 24.6 Å². The van der Waals surface area contributed by atoms with Gasteiger partial charge in [-0.1, -0.05) is 28.8 Å². The molecule has 0 aliphatic heterocycles. The third kappa shape index (κ3) is 2.98. The van der Waals surface area contributed by atoms with Gasteiger partial charge in [0, 0.05) is 11.2 Å². The number of amides is 1. The summed E-state index contributed by atoms with van der Waals surface area (Å²) in [6, 6.07) is 1.93. The van der Waals surface area contributed by atoms with E-state index in [1.165, 1.54) is 6.42 Å². The van der Waals surface area contributed by atoms with Gasteiger partial charge in [0.05, 0.1) is 6.07 Å². The van der Waals surface area contributed by atoms with Crippen LogP contribution in [0.25, 0.3) is 0 Å². The molecule has 1 N–H and O–H groups in total. The third-order valence-electron chi connectivity index (χ3n) is 2.79. The lowest BCUT2D eigenvalue weighted by atomic mass is 9.80. The van der Waals surface area contributed by atoms with Crippen molar-refractivity contribution < 1.29 is 4.79 Å². The average molecular weight is 259 g/mol. The predicted octanol–water partition coefficient (Wildman–Crippen LogP) is 1.83. The SMILES string of the molecule is N#CCNC(=O)C1CCCC[C@@H]1CBr. The number of hydrogen-bond acceptors (Lipinski definition) is 2. The van der Waals surface area contributed by atoms with Gasteiger partial charge in [0.15, 0.2) is 0 Å². The molecule has 1 rings (SSSR count). The van der Waals surface area contributed by atoms with Crippen molar-refractivity contribution in [3.8, 4) is 6.07 Å². The summed E-state index contributed by atoms with van der Waals surface area (Å²) < 4.78 is 0. The summed E-state index contributed by atoms with van der Waals surface area (Å²) in [6.07, 6.45) is 4.44. The molecular formula is C10H15BrN2O. The zero-order chi connectivity index (χ0) is 10.4. The number of alkyl halides is 1. The molecule has 1 saturated carbocycles. The maximum Gasteiger partial charge on any atom is 0.224 e. The second-order valence-corrected chi connectivity index (χ2v) is 4.33. The summed E-state index contributed by atoms with van der Waals surface area (Å²) in [4.78, 5) is 11.6. The van der Waals surface area contributed by atoms with Crippen LogP contribution in [0.2, 0.25) is 0 Å². The number of carbonyl (C=O) groups excluding carboxylic acids is 1. The van der Waals surface area contributed by atoms with Crippen molar-refractivity contribution in [1.29, 1.82) is 5.26 Å². The lowest BCUT2D eigenvalue weighted by Crippen LogP contribution is -2.37. The van der Waals surface area contributed by atoms with Crippen LogP contribution in [0.15, 0.2) is 0 Å². The van der Waals surface area contributed by atoms with Gasteiger partial charge < -0.3 is 5.32 Å². The molecule has 1 fully saturated rings. The summed E-state index contributed by atoms with van der Waals surface area (Å²) in [5, 5.41) is 11.9. The van der Waals surface area contributed by atoms with Gasteiger partial charge in [0.1, 0.15) is 6.54 Å². The number of halogens is 1. The number of nitriles is 1. The van der Waals surface area contributed by atoms with Crippen molar-refractivity contribution in [1.82, 2.24) is 5.32 Å². The fraction of sp³-hybridized carbons (Fsp3) is 0.800. The summed E-state index contributed by atoms with van der Waals surface area (Å²) in [6.45, 7) is 0.129. The van der Waals surface area contributed by atoms with E-state index >= 15 is 0 Å². The maximum atomic E-state index is 11.6. The topological polar surface area (TPSA) is 52.9 Å². The Morgan fingerprint density at radius 3 is 2.86 bits per heavy atom. The number of nitrogens with zero attached hydrogens (tertiary/aromatic N) is 1. The standard InChI is InChI=1S/C10H15BrN2O/c11-7-8-3-1-2-4-9(8)10(14)13-6-5-12/h8-9H,1-4,6-7H2,(H,13,14)/t8-,9?/m1/s1. The van der Waals surface area contributed by atoms with Crippen LogP contribution < -0.4 is 5.32 Å². The molecular weight excluding hydrogens is 244 g/mol.